The van der Waals surface area contributed by atoms with Gasteiger partial charge >= 0.3 is 0 Å². The largest absolute Gasteiger partial charge is 0.411 e. The molecule has 0 amide bonds. The lowest BCUT2D eigenvalue weighted by molar-refractivity contribution is 0.321. The first-order valence-electron chi connectivity index (χ1n) is 5.51. The van der Waals surface area contributed by atoms with Crippen molar-refractivity contribution < 1.29 is 9.60 Å². The second kappa shape index (κ2) is 5.86. The van der Waals surface area contributed by atoms with E-state index in [0.29, 0.717) is 6.42 Å². The number of halogens is 1. The number of oxime groups is 1. The van der Waals surface area contributed by atoms with Crippen LogP contribution in [0.1, 0.15) is 17.0 Å². The average molecular weight is 245 g/mol. The molecule has 2 rings (SSSR count). The zero-order chi connectivity index (χ0) is 12.8. The molecule has 4 nitrogen and oxygen atoms in total. The minimum absolute atomic E-state index is 0.0428. The van der Waals surface area contributed by atoms with Crippen molar-refractivity contribution in [1.82, 2.24) is 9.97 Å². The molecule has 0 atom stereocenters. The van der Waals surface area contributed by atoms with Gasteiger partial charge in [-0.15, -0.1) is 0 Å². The van der Waals surface area contributed by atoms with E-state index in [9.17, 15) is 4.39 Å². The quantitative estimate of drug-likeness (QED) is 0.510. The van der Waals surface area contributed by atoms with Crippen molar-refractivity contribution in [3.8, 4) is 0 Å². The molecule has 0 saturated carbocycles. The third-order valence-corrected chi connectivity index (χ3v) is 2.50. The van der Waals surface area contributed by atoms with E-state index in [0.717, 1.165) is 23.9 Å². The zero-order valence-corrected chi connectivity index (χ0v) is 9.62. The Balaban J connectivity index is 2.08. The molecule has 0 bridgehead atoms. The fourth-order valence-electron chi connectivity index (χ4n) is 1.60. The number of rotatable bonds is 4. The molecule has 2 aromatic rings. The highest BCUT2D eigenvalue weighted by Gasteiger charge is 2.04. The molecular formula is C13H12FN3O. The summed E-state index contributed by atoms with van der Waals surface area (Å²) in [4.78, 5) is 8.10. The van der Waals surface area contributed by atoms with E-state index in [2.05, 4.69) is 15.1 Å². The van der Waals surface area contributed by atoms with Crippen molar-refractivity contribution in [2.75, 3.05) is 0 Å². The summed E-state index contributed by atoms with van der Waals surface area (Å²) in [7, 11) is 0. The molecular weight excluding hydrogens is 233 g/mol. The Hall–Kier alpha value is -2.30. The maximum atomic E-state index is 13.2. The number of hydrogen-bond acceptors (Lipinski definition) is 4. The summed E-state index contributed by atoms with van der Waals surface area (Å²) in [5.74, 6) is -0.502. The third-order valence-electron chi connectivity index (χ3n) is 2.50. The van der Waals surface area contributed by atoms with Crippen molar-refractivity contribution in [2.45, 2.75) is 12.8 Å². The monoisotopic (exact) mass is 245 g/mol. The van der Waals surface area contributed by atoms with E-state index < -0.39 is 5.82 Å². The Morgan fingerprint density at radius 3 is 2.89 bits per heavy atom. The summed E-state index contributed by atoms with van der Waals surface area (Å²) >= 11 is 0. The van der Waals surface area contributed by atoms with Crippen molar-refractivity contribution in [1.29, 1.82) is 0 Å². The van der Waals surface area contributed by atoms with Gasteiger partial charge in [-0.2, -0.15) is 0 Å². The van der Waals surface area contributed by atoms with Crippen LogP contribution in [0.15, 0.2) is 41.8 Å². The molecule has 0 fully saturated rings. The van der Waals surface area contributed by atoms with Crippen LogP contribution in [0.2, 0.25) is 0 Å². The summed E-state index contributed by atoms with van der Waals surface area (Å²) in [5.41, 5.74) is 1.89. The maximum Gasteiger partial charge on any atom is 0.150 e. The maximum absolute atomic E-state index is 13.2. The van der Waals surface area contributed by atoms with Gasteiger partial charge in [-0.3, -0.25) is 4.98 Å². The van der Waals surface area contributed by atoms with E-state index in [4.69, 9.17) is 5.21 Å². The minimum Gasteiger partial charge on any atom is -0.411 e. The lowest BCUT2D eigenvalue weighted by Gasteiger charge is -2.02. The topological polar surface area (TPSA) is 58.4 Å². The van der Waals surface area contributed by atoms with Crippen LogP contribution in [0.4, 0.5) is 4.39 Å². The molecule has 0 spiro atoms. The van der Waals surface area contributed by atoms with Crippen LogP contribution in [-0.4, -0.2) is 21.4 Å². The predicted octanol–water partition coefficient (Wildman–Crippen LogP) is 2.21. The molecule has 2 heterocycles. The second-order valence-corrected chi connectivity index (χ2v) is 3.78. The molecule has 18 heavy (non-hydrogen) atoms. The lowest BCUT2D eigenvalue weighted by atomic mass is 10.1. The van der Waals surface area contributed by atoms with Crippen molar-refractivity contribution in [3.05, 3.63) is 59.4 Å². The van der Waals surface area contributed by atoms with E-state index in [-0.39, 0.29) is 5.69 Å². The Morgan fingerprint density at radius 2 is 2.17 bits per heavy atom. The number of hydrogen-bond donors (Lipinski definition) is 1. The second-order valence-electron chi connectivity index (χ2n) is 3.78. The average Bonchev–Trinajstić information content (AvgIpc) is 2.41. The Kier molecular flexibility index (Phi) is 3.96. The Bertz CT molecular complexity index is 543. The summed E-state index contributed by atoms with van der Waals surface area (Å²) < 4.78 is 13.2. The van der Waals surface area contributed by atoms with Gasteiger partial charge < -0.3 is 5.21 Å². The zero-order valence-electron chi connectivity index (χ0n) is 9.62. The molecule has 0 aromatic carbocycles. The van der Waals surface area contributed by atoms with Gasteiger partial charge in [0.2, 0.25) is 0 Å². The molecule has 2 aromatic heterocycles. The highest BCUT2D eigenvalue weighted by atomic mass is 19.1. The molecule has 0 aliphatic heterocycles. The first kappa shape index (κ1) is 12.2. The molecule has 0 aliphatic rings. The van der Waals surface area contributed by atoms with Gasteiger partial charge in [0.25, 0.3) is 0 Å². The third kappa shape index (κ3) is 3.10. The Labute approximate surface area is 104 Å². The predicted molar refractivity (Wildman–Crippen MR) is 65.2 cm³/mol. The van der Waals surface area contributed by atoms with E-state index in [1.165, 1.54) is 6.07 Å². The molecule has 0 radical (unpaired) electrons. The fraction of sp³-hybridized carbons (Fsp3) is 0.154. The lowest BCUT2D eigenvalue weighted by Crippen LogP contribution is -2.00. The van der Waals surface area contributed by atoms with Gasteiger partial charge in [-0.25, -0.2) is 9.37 Å². The summed E-state index contributed by atoms with van der Waals surface area (Å²) in [6, 6.07) is 6.80. The summed E-state index contributed by atoms with van der Waals surface area (Å²) in [6.07, 6.45) is 5.96. The summed E-state index contributed by atoms with van der Waals surface area (Å²) in [6.45, 7) is 0. The van der Waals surface area contributed by atoms with Crippen molar-refractivity contribution in [3.63, 3.8) is 0 Å². The van der Waals surface area contributed by atoms with E-state index >= 15 is 0 Å². The van der Waals surface area contributed by atoms with Gasteiger partial charge in [0.05, 0.1) is 6.21 Å². The van der Waals surface area contributed by atoms with Crippen LogP contribution < -0.4 is 0 Å². The van der Waals surface area contributed by atoms with Crippen LogP contribution in [0.25, 0.3) is 0 Å². The molecule has 5 heteroatoms. The number of pyridine rings is 2. The van der Waals surface area contributed by atoms with Gasteiger partial charge in [-0.05, 0) is 36.6 Å². The normalized spacial score (nSPS) is 10.9. The van der Waals surface area contributed by atoms with Crippen LogP contribution in [0.3, 0.4) is 0 Å². The minimum atomic E-state index is -0.502. The molecule has 0 aliphatic carbocycles. The smallest absolute Gasteiger partial charge is 0.150 e. The Morgan fingerprint density at radius 1 is 1.28 bits per heavy atom. The van der Waals surface area contributed by atoms with Crippen molar-refractivity contribution in [2.24, 2.45) is 5.16 Å². The van der Waals surface area contributed by atoms with E-state index in [1.807, 2.05) is 12.1 Å². The van der Waals surface area contributed by atoms with E-state index in [1.54, 1.807) is 18.5 Å². The van der Waals surface area contributed by atoms with Gasteiger partial charge in [-0.1, -0.05) is 11.2 Å². The van der Waals surface area contributed by atoms with Crippen molar-refractivity contribution >= 4 is 6.21 Å². The number of aromatic nitrogens is 2. The summed E-state index contributed by atoms with van der Waals surface area (Å²) in [5, 5.41) is 11.2. The first-order valence-corrected chi connectivity index (χ1v) is 5.51. The first-order chi connectivity index (χ1) is 8.79. The van der Waals surface area contributed by atoms with Crippen LogP contribution in [0, 0.1) is 5.82 Å². The standard InChI is InChI=1S/C13H12FN3O/c14-12-6-5-11(17-13(12)9-16-18)4-3-10-2-1-7-15-8-10/h1-2,5-9,18H,3-4H2/b16-9-. The highest BCUT2D eigenvalue weighted by Crippen LogP contribution is 2.07. The number of nitrogens with zero attached hydrogens (tertiary/aromatic N) is 3. The SMILES string of the molecule is O/N=C\c1nc(CCc2cccnc2)ccc1F. The molecule has 92 valence electrons. The molecule has 0 unspecified atom stereocenters. The van der Waals surface area contributed by atoms with Gasteiger partial charge in [0.1, 0.15) is 5.69 Å². The van der Waals surface area contributed by atoms with Gasteiger partial charge in [0, 0.05) is 18.1 Å². The van der Waals surface area contributed by atoms with Gasteiger partial charge in [0.15, 0.2) is 5.82 Å². The van der Waals surface area contributed by atoms with Crippen LogP contribution in [-0.2, 0) is 12.8 Å². The molecule has 1 N–H and O–H groups in total. The fourth-order valence-corrected chi connectivity index (χ4v) is 1.60. The molecule has 0 saturated heterocycles. The highest BCUT2D eigenvalue weighted by molar-refractivity contribution is 5.76. The van der Waals surface area contributed by atoms with Crippen LogP contribution in [0.5, 0.6) is 0 Å². The number of aryl methyl sites for hydroxylation is 2. The van der Waals surface area contributed by atoms with Crippen LogP contribution >= 0.6 is 0 Å².